The number of ether oxygens (including phenoxy) is 1. The van der Waals surface area contributed by atoms with E-state index in [-0.39, 0.29) is 0 Å². The first-order chi connectivity index (χ1) is 9.22. The van der Waals surface area contributed by atoms with Crippen LogP contribution in [0.4, 0.5) is 5.69 Å². The molecule has 1 N–H and O–H groups in total. The van der Waals surface area contributed by atoms with Crippen LogP contribution in [0.2, 0.25) is 0 Å². The Hall–Kier alpha value is -1.29. The van der Waals surface area contributed by atoms with Gasteiger partial charge in [-0.05, 0) is 51.4 Å². The SMILES string of the molecule is CCN1CCC(CNc2cc(C)ncc2OC)CC1. The number of rotatable bonds is 5. The van der Waals surface area contributed by atoms with Gasteiger partial charge in [-0.3, -0.25) is 4.98 Å². The molecule has 0 aliphatic carbocycles. The largest absolute Gasteiger partial charge is 0.493 e. The Kier molecular flexibility index (Phi) is 5.02. The van der Waals surface area contributed by atoms with E-state index in [1.807, 2.05) is 6.92 Å². The second kappa shape index (κ2) is 6.75. The maximum absolute atomic E-state index is 5.34. The number of hydrogen-bond acceptors (Lipinski definition) is 4. The Labute approximate surface area is 116 Å². The minimum absolute atomic E-state index is 0.765. The Morgan fingerprint density at radius 2 is 2.16 bits per heavy atom. The van der Waals surface area contributed by atoms with Crippen molar-refractivity contribution < 1.29 is 4.74 Å². The van der Waals surface area contributed by atoms with Crippen molar-refractivity contribution in [3.05, 3.63) is 18.0 Å². The van der Waals surface area contributed by atoms with E-state index in [0.29, 0.717) is 0 Å². The van der Waals surface area contributed by atoms with Crippen LogP contribution in [0.25, 0.3) is 0 Å². The highest BCUT2D eigenvalue weighted by Crippen LogP contribution is 2.25. The third-order valence-electron chi connectivity index (χ3n) is 3.96. The summed E-state index contributed by atoms with van der Waals surface area (Å²) in [5.41, 5.74) is 2.08. The van der Waals surface area contributed by atoms with Crippen LogP contribution in [0.1, 0.15) is 25.5 Å². The minimum atomic E-state index is 0.765. The number of anilines is 1. The van der Waals surface area contributed by atoms with Gasteiger partial charge in [-0.25, -0.2) is 0 Å². The number of pyridine rings is 1. The Morgan fingerprint density at radius 3 is 2.79 bits per heavy atom. The van der Waals surface area contributed by atoms with Crippen molar-refractivity contribution in [3.8, 4) is 5.75 Å². The summed E-state index contributed by atoms with van der Waals surface area (Å²) in [6, 6.07) is 2.06. The molecule has 0 amide bonds. The molecule has 106 valence electrons. The molecule has 2 rings (SSSR count). The molecule has 4 nitrogen and oxygen atoms in total. The topological polar surface area (TPSA) is 37.4 Å². The molecule has 1 saturated heterocycles. The summed E-state index contributed by atoms with van der Waals surface area (Å²) in [4.78, 5) is 6.78. The normalized spacial score (nSPS) is 17.4. The van der Waals surface area contributed by atoms with E-state index in [1.165, 1.54) is 32.5 Å². The van der Waals surface area contributed by atoms with Crippen LogP contribution >= 0.6 is 0 Å². The molecular formula is C15H25N3O. The van der Waals surface area contributed by atoms with Gasteiger partial charge in [0.25, 0.3) is 0 Å². The lowest BCUT2D eigenvalue weighted by Crippen LogP contribution is -2.35. The van der Waals surface area contributed by atoms with Crippen molar-refractivity contribution >= 4 is 5.69 Å². The van der Waals surface area contributed by atoms with E-state index in [0.717, 1.165) is 29.6 Å². The zero-order valence-corrected chi connectivity index (χ0v) is 12.3. The summed E-state index contributed by atoms with van der Waals surface area (Å²) < 4.78 is 5.34. The van der Waals surface area contributed by atoms with Gasteiger partial charge in [0.1, 0.15) is 0 Å². The number of aryl methyl sites for hydroxylation is 1. The molecular weight excluding hydrogens is 238 g/mol. The van der Waals surface area contributed by atoms with Crippen LogP contribution in [-0.4, -0.2) is 43.2 Å². The highest BCUT2D eigenvalue weighted by Gasteiger charge is 2.18. The Bertz CT molecular complexity index is 400. The predicted molar refractivity (Wildman–Crippen MR) is 78.9 cm³/mol. The summed E-state index contributed by atoms with van der Waals surface area (Å²) in [6.07, 6.45) is 4.36. The summed E-state index contributed by atoms with van der Waals surface area (Å²) in [7, 11) is 1.69. The quantitative estimate of drug-likeness (QED) is 0.886. The maximum atomic E-state index is 5.34. The molecule has 1 aromatic rings. The van der Waals surface area contributed by atoms with Gasteiger partial charge in [0, 0.05) is 12.2 Å². The number of likely N-dealkylation sites (tertiary alicyclic amines) is 1. The van der Waals surface area contributed by atoms with Gasteiger partial charge in [0.15, 0.2) is 5.75 Å². The van der Waals surface area contributed by atoms with Crippen LogP contribution in [0.3, 0.4) is 0 Å². The number of nitrogens with zero attached hydrogens (tertiary/aromatic N) is 2. The molecule has 0 spiro atoms. The summed E-state index contributed by atoms with van der Waals surface area (Å²) >= 11 is 0. The second-order valence-corrected chi connectivity index (χ2v) is 5.28. The molecule has 0 saturated carbocycles. The van der Waals surface area contributed by atoms with Crippen LogP contribution in [0.15, 0.2) is 12.3 Å². The minimum Gasteiger partial charge on any atom is -0.493 e. The number of aromatic nitrogens is 1. The van der Waals surface area contributed by atoms with Crippen LogP contribution in [0, 0.1) is 12.8 Å². The van der Waals surface area contributed by atoms with Gasteiger partial charge in [-0.1, -0.05) is 6.92 Å². The molecule has 1 aromatic heterocycles. The van der Waals surface area contributed by atoms with Crippen LogP contribution in [-0.2, 0) is 0 Å². The van der Waals surface area contributed by atoms with E-state index < -0.39 is 0 Å². The van der Waals surface area contributed by atoms with Crippen molar-refractivity contribution in [2.24, 2.45) is 5.92 Å². The first kappa shape index (κ1) is 14.1. The van der Waals surface area contributed by atoms with E-state index in [4.69, 9.17) is 4.74 Å². The van der Waals surface area contributed by atoms with E-state index >= 15 is 0 Å². The molecule has 2 heterocycles. The molecule has 1 fully saturated rings. The smallest absolute Gasteiger partial charge is 0.160 e. The molecule has 0 aromatic carbocycles. The maximum Gasteiger partial charge on any atom is 0.160 e. The van der Waals surface area contributed by atoms with Crippen molar-refractivity contribution in [2.45, 2.75) is 26.7 Å². The monoisotopic (exact) mass is 263 g/mol. The zero-order valence-electron chi connectivity index (χ0n) is 12.3. The Balaban J connectivity index is 1.87. The van der Waals surface area contributed by atoms with E-state index in [9.17, 15) is 0 Å². The number of methoxy groups -OCH3 is 1. The molecule has 0 radical (unpaired) electrons. The van der Waals surface area contributed by atoms with Gasteiger partial charge in [-0.2, -0.15) is 0 Å². The van der Waals surface area contributed by atoms with Gasteiger partial charge < -0.3 is 15.0 Å². The molecule has 19 heavy (non-hydrogen) atoms. The van der Waals surface area contributed by atoms with Crippen LogP contribution < -0.4 is 10.1 Å². The van der Waals surface area contributed by atoms with Gasteiger partial charge >= 0.3 is 0 Å². The fraction of sp³-hybridized carbons (Fsp3) is 0.667. The molecule has 4 heteroatoms. The average Bonchev–Trinajstić information content (AvgIpc) is 2.46. The predicted octanol–water partition coefficient (Wildman–Crippen LogP) is 2.54. The molecule has 0 unspecified atom stereocenters. The second-order valence-electron chi connectivity index (χ2n) is 5.28. The highest BCUT2D eigenvalue weighted by atomic mass is 16.5. The fourth-order valence-electron chi connectivity index (χ4n) is 2.61. The first-order valence-electron chi connectivity index (χ1n) is 7.19. The molecule has 1 aliphatic heterocycles. The van der Waals surface area contributed by atoms with Crippen molar-refractivity contribution in [1.82, 2.24) is 9.88 Å². The molecule has 1 aliphatic rings. The summed E-state index contributed by atoms with van der Waals surface area (Å²) in [6.45, 7) is 8.91. The third-order valence-corrected chi connectivity index (χ3v) is 3.96. The third kappa shape index (κ3) is 3.83. The van der Waals surface area contributed by atoms with Crippen LogP contribution in [0.5, 0.6) is 5.75 Å². The zero-order chi connectivity index (χ0) is 13.7. The lowest BCUT2D eigenvalue weighted by Gasteiger charge is -2.31. The summed E-state index contributed by atoms with van der Waals surface area (Å²) in [5.74, 6) is 1.59. The Morgan fingerprint density at radius 1 is 1.42 bits per heavy atom. The van der Waals surface area contributed by atoms with E-state index in [2.05, 4.69) is 28.2 Å². The van der Waals surface area contributed by atoms with E-state index in [1.54, 1.807) is 13.3 Å². The molecule has 0 bridgehead atoms. The van der Waals surface area contributed by atoms with Gasteiger partial charge in [0.2, 0.25) is 0 Å². The van der Waals surface area contributed by atoms with Gasteiger partial charge in [0.05, 0.1) is 19.0 Å². The average molecular weight is 263 g/mol. The lowest BCUT2D eigenvalue weighted by molar-refractivity contribution is 0.198. The molecule has 0 atom stereocenters. The highest BCUT2D eigenvalue weighted by molar-refractivity contribution is 5.55. The lowest BCUT2D eigenvalue weighted by atomic mass is 9.97. The number of piperidine rings is 1. The number of hydrogen-bond donors (Lipinski definition) is 1. The van der Waals surface area contributed by atoms with Gasteiger partial charge in [-0.15, -0.1) is 0 Å². The van der Waals surface area contributed by atoms with Crippen molar-refractivity contribution in [1.29, 1.82) is 0 Å². The van der Waals surface area contributed by atoms with Crippen molar-refractivity contribution in [2.75, 3.05) is 38.6 Å². The van der Waals surface area contributed by atoms with Crippen molar-refractivity contribution in [3.63, 3.8) is 0 Å². The summed E-state index contributed by atoms with van der Waals surface area (Å²) in [5, 5.41) is 3.52. The standard InChI is InChI=1S/C15H25N3O/c1-4-18-7-5-13(6-8-18)10-17-14-9-12(2)16-11-15(14)19-3/h9,11,13H,4-8,10H2,1-3H3,(H,16,17). The first-order valence-corrected chi connectivity index (χ1v) is 7.19. The fourth-order valence-corrected chi connectivity index (χ4v) is 2.61. The number of nitrogens with one attached hydrogen (secondary N) is 1.